The van der Waals surface area contributed by atoms with E-state index in [4.69, 9.17) is 0 Å². The number of hydrogen-bond acceptors (Lipinski definition) is 3. The Hall–Kier alpha value is -0.860. The van der Waals surface area contributed by atoms with Crippen molar-refractivity contribution in [2.24, 2.45) is 4.99 Å². The van der Waals surface area contributed by atoms with Crippen LogP contribution in [-0.2, 0) is 0 Å². The second kappa shape index (κ2) is 11.0. The molecule has 1 heterocycles. The molecule has 1 aliphatic heterocycles. The van der Waals surface area contributed by atoms with Crippen LogP contribution in [0, 0.1) is 6.92 Å². The number of aryl methyl sites for hydroxylation is 1. The van der Waals surface area contributed by atoms with Crippen molar-refractivity contribution in [3.8, 4) is 0 Å². The van der Waals surface area contributed by atoms with E-state index in [0.717, 1.165) is 38.7 Å². The third-order valence-electron chi connectivity index (χ3n) is 4.90. The van der Waals surface area contributed by atoms with Gasteiger partial charge in [0, 0.05) is 45.8 Å². The zero-order chi connectivity index (χ0) is 17.5. The van der Waals surface area contributed by atoms with Gasteiger partial charge >= 0.3 is 0 Å². The molecule has 0 bridgehead atoms. The van der Waals surface area contributed by atoms with Crippen molar-refractivity contribution in [1.82, 2.24) is 20.4 Å². The van der Waals surface area contributed by atoms with E-state index in [0.29, 0.717) is 12.0 Å². The number of likely N-dealkylation sites (N-methyl/N-ethyl adjacent to an activating group) is 2. The Morgan fingerprint density at radius 3 is 2.72 bits per heavy atom. The summed E-state index contributed by atoms with van der Waals surface area (Å²) in [4.78, 5) is 9.18. The third-order valence-corrected chi connectivity index (χ3v) is 4.90. The minimum Gasteiger partial charge on any atom is -0.356 e. The standard InChI is InChI=1S/C19H33N5.HI/c1-15-7-6-8-17(11-15)16(2)12-21-19(20-3)22-13-18-14-23(4)9-10-24(18)5;/h6-8,11,16,18H,9-10,12-14H2,1-5H3,(H2,20,21,22);1H. The SMILES string of the molecule is CN=C(NCC(C)c1cccc(C)c1)NCC1CN(C)CCN1C.I. The van der Waals surface area contributed by atoms with E-state index in [9.17, 15) is 0 Å². The van der Waals surface area contributed by atoms with Crippen molar-refractivity contribution < 1.29 is 0 Å². The minimum absolute atomic E-state index is 0. The van der Waals surface area contributed by atoms with Gasteiger partial charge < -0.3 is 15.5 Å². The summed E-state index contributed by atoms with van der Waals surface area (Å²) in [6.45, 7) is 9.55. The molecular formula is C19H34IN5. The second-order valence-electron chi connectivity index (χ2n) is 7.05. The largest absolute Gasteiger partial charge is 0.356 e. The summed E-state index contributed by atoms with van der Waals surface area (Å²) in [5, 5.41) is 6.94. The summed E-state index contributed by atoms with van der Waals surface area (Å²) >= 11 is 0. The molecule has 25 heavy (non-hydrogen) atoms. The van der Waals surface area contributed by atoms with Crippen LogP contribution >= 0.6 is 24.0 Å². The Balaban J connectivity index is 0.00000312. The average molecular weight is 459 g/mol. The molecule has 5 nitrogen and oxygen atoms in total. The van der Waals surface area contributed by atoms with E-state index in [1.54, 1.807) is 0 Å². The van der Waals surface area contributed by atoms with Crippen molar-refractivity contribution in [2.75, 3.05) is 53.9 Å². The first-order valence-electron chi connectivity index (χ1n) is 8.89. The maximum absolute atomic E-state index is 4.36. The number of guanidine groups is 1. The lowest BCUT2D eigenvalue weighted by molar-refractivity contribution is 0.116. The molecule has 6 heteroatoms. The van der Waals surface area contributed by atoms with Gasteiger partial charge in [-0.3, -0.25) is 9.89 Å². The molecule has 1 saturated heterocycles. The predicted molar refractivity (Wildman–Crippen MR) is 118 cm³/mol. The van der Waals surface area contributed by atoms with Crippen LogP contribution in [-0.4, -0.2) is 75.7 Å². The average Bonchev–Trinajstić information content (AvgIpc) is 2.57. The van der Waals surface area contributed by atoms with Crippen molar-refractivity contribution >= 4 is 29.9 Å². The topological polar surface area (TPSA) is 42.9 Å². The summed E-state index contributed by atoms with van der Waals surface area (Å²) < 4.78 is 0. The molecule has 2 unspecified atom stereocenters. The van der Waals surface area contributed by atoms with Gasteiger partial charge in [0.25, 0.3) is 0 Å². The van der Waals surface area contributed by atoms with Gasteiger partial charge in [0.2, 0.25) is 0 Å². The van der Waals surface area contributed by atoms with Crippen molar-refractivity contribution in [3.05, 3.63) is 35.4 Å². The summed E-state index contributed by atoms with van der Waals surface area (Å²) in [5.74, 6) is 1.34. The van der Waals surface area contributed by atoms with E-state index in [2.05, 4.69) is 77.6 Å². The van der Waals surface area contributed by atoms with E-state index in [1.165, 1.54) is 11.1 Å². The fourth-order valence-corrected chi connectivity index (χ4v) is 3.10. The number of aliphatic imine (C=N–C) groups is 1. The molecule has 0 saturated carbocycles. The number of halogens is 1. The van der Waals surface area contributed by atoms with Crippen LogP contribution in [0.1, 0.15) is 24.0 Å². The molecule has 0 radical (unpaired) electrons. The first kappa shape index (κ1) is 22.2. The Kier molecular flexibility index (Phi) is 9.74. The van der Waals surface area contributed by atoms with Crippen LogP contribution in [0.3, 0.4) is 0 Å². The Morgan fingerprint density at radius 2 is 2.04 bits per heavy atom. The Morgan fingerprint density at radius 1 is 1.28 bits per heavy atom. The zero-order valence-electron chi connectivity index (χ0n) is 16.2. The van der Waals surface area contributed by atoms with Gasteiger partial charge in [0.05, 0.1) is 0 Å². The molecule has 2 N–H and O–H groups in total. The number of benzene rings is 1. The highest BCUT2D eigenvalue weighted by Gasteiger charge is 2.22. The minimum atomic E-state index is 0. The molecule has 142 valence electrons. The Labute approximate surface area is 170 Å². The number of nitrogens with one attached hydrogen (secondary N) is 2. The highest BCUT2D eigenvalue weighted by Crippen LogP contribution is 2.15. The molecule has 2 atom stereocenters. The van der Waals surface area contributed by atoms with E-state index in [-0.39, 0.29) is 24.0 Å². The molecule has 0 aliphatic carbocycles. The number of rotatable bonds is 5. The van der Waals surface area contributed by atoms with E-state index >= 15 is 0 Å². The molecule has 1 aromatic rings. The summed E-state index contributed by atoms with van der Waals surface area (Å²) in [6, 6.07) is 9.25. The molecule has 1 aliphatic rings. The lowest BCUT2D eigenvalue weighted by atomic mass is 9.99. The molecule has 1 aromatic carbocycles. The number of nitrogens with zero attached hydrogens (tertiary/aromatic N) is 3. The lowest BCUT2D eigenvalue weighted by Gasteiger charge is -2.38. The Bertz CT molecular complexity index is 548. The van der Waals surface area contributed by atoms with Gasteiger partial charge in [-0.1, -0.05) is 36.8 Å². The predicted octanol–water partition coefficient (Wildman–Crippen LogP) is 2.13. The number of hydrogen-bond donors (Lipinski definition) is 2. The van der Waals surface area contributed by atoms with Gasteiger partial charge in [0.15, 0.2) is 5.96 Å². The van der Waals surface area contributed by atoms with E-state index in [1.807, 2.05) is 7.05 Å². The third kappa shape index (κ3) is 7.11. The van der Waals surface area contributed by atoms with Crippen molar-refractivity contribution in [1.29, 1.82) is 0 Å². The van der Waals surface area contributed by atoms with E-state index < -0.39 is 0 Å². The highest BCUT2D eigenvalue weighted by molar-refractivity contribution is 14.0. The second-order valence-corrected chi connectivity index (χ2v) is 7.05. The van der Waals surface area contributed by atoms with Crippen LogP contribution < -0.4 is 10.6 Å². The molecular weight excluding hydrogens is 425 g/mol. The first-order valence-corrected chi connectivity index (χ1v) is 8.89. The van der Waals surface area contributed by atoms with Crippen LogP contribution in [0.4, 0.5) is 0 Å². The lowest BCUT2D eigenvalue weighted by Crippen LogP contribution is -2.55. The zero-order valence-corrected chi connectivity index (χ0v) is 18.6. The summed E-state index contributed by atoms with van der Waals surface area (Å²) in [7, 11) is 6.23. The van der Waals surface area contributed by atoms with Gasteiger partial charge in [-0.2, -0.15) is 0 Å². The first-order chi connectivity index (χ1) is 11.5. The van der Waals surface area contributed by atoms with Gasteiger partial charge in [-0.05, 0) is 32.5 Å². The molecule has 0 spiro atoms. The van der Waals surface area contributed by atoms with Crippen LogP contribution in [0.25, 0.3) is 0 Å². The normalized spacial score (nSPS) is 20.7. The van der Waals surface area contributed by atoms with Crippen LogP contribution in [0.5, 0.6) is 0 Å². The fraction of sp³-hybridized carbons (Fsp3) is 0.632. The monoisotopic (exact) mass is 459 g/mol. The molecule has 0 aromatic heterocycles. The maximum atomic E-state index is 4.36. The summed E-state index contributed by atoms with van der Waals surface area (Å²) in [6.07, 6.45) is 0. The van der Waals surface area contributed by atoms with Crippen molar-refractivity contribution in [3.63, 3.8) is 0 Å². The highest BCUT2D eigenvalue weighted by atomic mass is 127. The number of piperazine rings is 1. The van der Waals surface area contributed by atoms with Gasteiger partial charge in [-0.25, -0.2) is 0 Å². The van der Waals surface area contributed by atoms with Crippen LogP contribution in [0.2, 0.25) is 0 Å². The van der Waals surface area contributed by atoms with Gasteiger partial charge in [0.1, 0.15) is 0 Å². The fourth-order valence-electron chi connectivity index (χ4n) is 3.10. The van der Waals surface area contributed by atoms with Crippen LogP contribution in [0.15, 0.2) is 29.3 Å². The molecule has 0 amide bonds. The molecule has 1 fully saturated rings. The maximum Gasteiger partial charge on any atom is 0.191 e. The van der Waals surface area contributed by atoms with Crippen molar-refractivity contribution in [2.45, 2.75) is 25.8 Å². The van der Waals surface area contributed by atoms with Gasteiger partial charge in [-0.15, -0.1) is 24.0 Å². The summed E-state index contributed by atoms with van der Waals surface area (Å²) in [5.41, 5.74) is 2.68. The molecule has 2 rings (SSSR count). The quantitative estimate of drug-likeness (QED) is 0.402. The smallest absolute Gasteiger partial charge is 0.191 e.